The van der Waals surface area contributed by atoms with Gasteiger partial charge in [0.05, 0.1) is 42.2 Å². The first-order valence-corrected chi connectivity index (χ1v) is 13.8. The van der Waals surface area contributed by atoms with Gasteiger partial charge in [0.25, 0.3) is 5.91 Å². The summed E-state index contributed by atoms with van der Waals surface area (Å²) in [7, 11) is 1.32. The van der Waals surface area contributed by atoms with Crippen molar-refractivity contribution in [2.24, 2.45) is 5.92 Å². The van der Waals surface area contributed by atoms with E-state index in [1.54, 1.807) is 30.5 Å². The lowest BCUT2D eigenvalue weighted by Crippen LogP contribution is -2.29. The third-order valence-corrected chi connectivity index (χ3v) is 7.46. The van der Waals surface area contributed by atoms with Gasteiger partial charge in [-0.1, -0.05) is 48.4 Å². The average molecular weight is 591 g/mol. The second kappa shape index (κ2) is 12.5. The Kier molecular flexibility index (Phi) is 8.58. The fourth-order valence-electron chi connectivity index (χ4n) is 4.80. The van der Waals surface area contributed by atoms with Crippen molar-refractivity contribution in [3.8, 4) is 16.9 Å². The molecule has 3 heterocycles. The maximum Gasteiger partial charge on any atom is 0.309 e. The number of carbonyl (C=O) groups excluding carboxylic acids is 3. The SMILES string of the molecule is COC(=O)Cc1ccc2c(c1)NC(=O)[C@@H](C)CCC[C@H](NC(=O)c1cn(-c3cccc(Cl)c3F)nn1)c1ccnc-2c1. The van der Waals surface area contributed by atoms with Crippen LogP contribution in [0.15, 0.2) is 60.9 Å². The number of ether oxygens (including phenoxy) is 1. The van der Waals surface area contributed by atoms with Crippen LogP contribution in [-0.4, -0.2) is 44.9 Å². The lowest BCUT2D eigenvalue weighted by Gasteiger charge is -2.22. The van der Waals surface area contributed by atoms with Gasteiger partial charge in [0, 0.05) is 17.7 Å². The molecule has 5 rings (SSSR count). The molecule has 12 heteroatoms. The summed E-state index contributed by atoms with van der Waals surface area (Å²) in [5, 5.41) is 13.8. The molecule has 2 amide bonds. The molecule has 0 fully saturated rings. The predicted octanol–water partition coefficient (Wildman–Crippen LogP) is 5.07. The summed E-state index contributed by atoms with van der Waals surface area (Å²) in [4.78, 5) is 42.7. The van der Waals surface area contributed by atoms with E-state index in [1.165, 1.54) is 25.4 Å². The van der Waals surface area contributed by atoms with E-state index in [9.17, 15) is 18.8 Å². The van der Waals surface area contributed by atoms with E-state index in [1.807, 2.05) is 19.1 Å². The molecule has 1 aliphatic rings. The summed E-state index contributed by atoms with van der Waals surface area (Å²) in [5.74, 6) is -2.02. The van der Waals surface area contributed by atoms with E-state index >= 15 is 0 Å². The Balaban J connectivity index is 1.46. The molecule has 2 aromatic carbocycles. The Morgan fingerprint density at radius 2 is 2.02 bits per heavy atom. The van der Waals surface area contributed by atoms with Gasteiger partial charge in [-0.3, -0.25) is 19.4 Å². The monoisotopic (exact) mass is 590 g/mol. The van der Waals surface area contributed by atoms with Crippen molar-refractivity contribution in [1.29, 1.82) is 0 Å². The number of nitrogens with one attached hydrogen (secondary N) is 2. The number of halogens is 2. The van der Waals surface area contributed by atoms with E-state index in [4.69, 9.17) is 16.3 Å². The minimum Gasteiger partial charge on any atom is -0.469 e. The van der Waals surface area contributed by atoms with Gasteiger partial charge in [0.2, 0.25) is 5.91 Å². The number of carbonyl (C=O) groups is 3. The van der Waals surface area contributed by atoms with Gasteiger partial charge >= 0.3 is 5.97 Å². The number of hydrogen-bond acceptors (Lipinski definition) is 7. The number of anilines is 1. The second-order valence-electron chi connectivity index (χ2n) is 10.1. The fourth-order valence-corrected chi connectivity index (χ4v) is 4.97. The van der Waals surface area contributed by atoms with Gasteiger partial charge in [0.15, 0.2) is 11.5 Å². The summed E-state index contributed by atoms with van der Waals surface area (Å²) in [6.07, 6.45) is 4.82. The first-order chi connectivity index (χ1) is 20.2. The molecule has 1 aliphatic heterocycles. The maximum atomic E-state index is 14.5. The van der Waals surface area contributed by atoms with Crippen LogP contribution in [0.25, 0.3) is 16.9 Å². The number of benzene rings is 2. The molecule has 42 heavy (non-hydrogen) atoms. The third kappa shape index (κ3) is 6.31. The van der Waals surface area contributed by atoms with Gasteiger partial charge in [-0.2, -0.15) is 0 Å². The summed E-state index contributed by atoms with van der Waals surface area (Å²) in [5.41, 5.74) is 3.36. The third-order valence-electron chi connectivity index (χ3n) is 7.17. The van der Waals surface area contributed by atoms with Crippen LogP contribution >= 0.6 is 11.6 Å². The van der Waals surface area contributed by atoms with Crippen LogP contribution in [0.5, 0.6) is 0 Å². The van der Waals surface area contributed by atoms with Crippen LogP contribution in [0.1, 0.15) is 53.8 Å². The van der Waals surface area contributed by atoms with Crippen molar-refractivity contribution in [3.05, 3.63) is 88.6 Å². The number of pyridine rings is 1. The second-order valence-corrected chi connectivity index (χ2v) is 10.5. The van der Waals surface area contributed by atoms with Crippen LogP contribution in [-0.2, 0) is 20.7 Å². The molecule has 2 atom stereocenters. The molecule has 0 unspecified atom stereocenters. The number of fused-ring (bicyclic) bond motifs is 4. The van der Waals surface area contributed by atoms with E-state index in [0.29, 0.717) is 41.8 Å². The van der Waals surface area contributed by atoms with Crippen LogP contribution in [0.3, 0.4) is 0 Å². The summed E-state index contributed by atoms with van der Waals surface area (Å²) in [6.45, 7) is 1.84. The van der Waals surface area contributed by atoms with Gasteiger partial charge in [0.1, 0.15) is 5.69 Å². The number of hydrogen-bond donors (Lipinski definition) is 2. The van der Waals surface area contributed by atoms with Crippen molar-refractivity contribution in [3.63, 3.8) is 0 Å². The Morgan fingerprint density at radius 1 is 1.19 bits per heavy atom. The number of methoxy groups -OCH3 is 1. The quantitative estimate of drug-likeness (QED) is 0.311. The minimum absolute atomic E-state index is 0.00555. The molecular weight excluding hydrogens is 563 g/mol. The van der Waals surface area contributed by atoms with Crippen molar-refractivity contribution >= 4 is 35.1 Å². The van der Waals surface area contributed by atoms with Gasteiger partial charge in [-0.05, 0) is 54.3 Å². The van der Waals surface area contributed by atoms with Gasteiger partial charge in [-0.15, -0.1) is 5.10 Å². The van der Waals surface area contributed by atoms with Crippen molar-refractivity contribution in [2.75, 3.05) is 12.4 Å². The molecule has 216 valence electrons. The maximum absolute atomic E-state index is 14.5. The average Bonchev–Trinajstić information content (AvgIpc) is 3.48. The number of esters is 1. The molecule has 0 spiro atoms. The standard InChI is InChI=1S/C30H28ClFN6O4/c1-17-5-3-7-22(34-30(41)25-16-38(37-36-25)26-8-4-6-21(31)28(26)32)19-11-12-33-23(15-19)20-10-9-18(14-27(39)42-2)13-24(20)35-29(17)40/h4,6,8-13,15-17,22H,3,5,7,14H2,1-2H3,(H,34,41)(H,35,40)/t17-,22-/m0/s1. The number of rotatable bonds is 5. The number of amides is 2. The van der Waals surface area contributed by atoms with E-state index in [-0.39, 0.29) is 40.6 Å². The smallest absolute Gasteiger partial charge is 0.309 e. The minimum atomic E-state index is -0.671. The Labute approximate surface area is 246 Å². The van der Waals surface area contributed by atoms with E-state index in [0.717, 1.165) is 10.2 Å². The Morgan fingerprint density at radius 3 is 2.83 bits per heavy atom. The number of nitrogens with zero attached hydrogens (tertiary/aromatic N) is 4. The summed E-state index contributed by atoms with van der Waals surface area (Å²) in [6, 6.07) is 13.1. The van der Waals surface area contributed by atoms with Gasteiger partial charge < -0.3 is 15.4 Å². The van der Waals surface area contributed by atoms with Crippen molar-refractivity contribution < 1.29 is 23.5 Å². The zero-order valence-electron chi connectivity index (χ0n) is 22.9. The molecule has 2 N–H and O–H groups in total. The molecule has 0 saturated heterocycles. The normalized spacial score (nSPS) is 16.8. The highest BCUT2D eigenvalue weighted by Crippen LogP contribution is 2.32. The molecule has 0 saturated carbocycles. The number of aromatic nitrogens is 4. The van der Waals surface area contributed by atoms with Crippen LogP contribution in [0.2, 0.25) is 5.02 Å². The largest absolute Gasteiger partial charge is 0.469 e. The lowest BCUT2D eigenvalue weighted by atomic mass is 9.94. The Bertz CT molecular complexity index is 1660. The highest BCUT2D eigenvalue weighted by Gasteiger charge is 2.23. The first kappa shape index (κ1) is 28.9. The molecule has 2 aromatic heterocycles. The predicted molar refractivity (Wildman–Crippen MR) is 154 cm³/mol. The zero-order chi connectivity index (χ0) is 29.8. The van der Waals surface area contributed by atoms with Crippen LogP contribution in [0, 0.1) is 11.7 Å². The summed E-state index contributed by atoms with van der Waals surface area (Å²) >= 11 is 5.89. The van der Waals surface area contributed by atoms with E-state index < -0.39 is 17.8 Å². The topological polar surface area (TPSA) is 128 Å². The lowest BCUT2D eigenvalue weighted by molar-refractivity contribution is -0.139. The van der Waals surface area contributed by atoms with Crippen LogP contribution in [0.4, 0.5) is 10.1 Å². The molecule has 0 radical (unpaired) electrons. The Hall–Kier alpha value is -4.64. The molecule has 0 aliphatic carbocycles. The zero-order valence-corrected chi connectivity index (χ0v) is 23.7. The van der Waals surface area contributed by atoms with E-state index in [2.05, 4.69) is 25.9 Å². The molecular formula is C30H28ClFN6O4. The molecule has 2 bridgehead atoms. The van der Waals surface area contributed by atoms with Gasteiger partial charge in [-0.25, -0.2) is 9.07 Å². The highest BCUT2D eigenvalue weighted by atomic mass is 35.5. The molecule has 4 aromatic rings. The molecule has 10 nitrogen and oxygen atoms in total. The highest BCUT2D eigenvalue weighted by molar-refractivity contribution is 6.30. The first-order valence-electron chi connectivity index (χ1n) is 13.4. The van der Waals surface area contributed by atoms with Crippen molar-refractivity contribution in [2.45, 2.75) is 38.6 Å². The van der Waals surface area contributed by atoms with Crippen LogP contribution < -0.4 is 10.6 Å². The summed E-state index contributed by atoms with van der Waals surface area (Å²) < 4.78 is 20.4. The van der Waals surface area contributed by atoms with Crippen molar-refractivity contribution in [1.82, 2.24) is 25.3 Å². The fraction of sp³-hybridized carbons (Fsp3) is 0.267.